The number of nitrogens with one attached hydrogen (secondary N) is 1. The molecule has 1 amide bonds. The first kappa shape index (κ1) is 23.9. The van der Waals surface area contributed by atoms with Crippen LogP contribution in [0.2, 0.25) is 0 Å². The van der Waals surface area contributed by atoms with Crippen molar-refractivity contribution in [3.8, 4) is 0 Å². The summed E-state index contributed by atoms with van der Waals surface area (Å²) in [4.78, 5) is 15.5. The number of likely N-dealkylation sites (tertiary alicyclic amines) is 1. The molecule has 2 atom stereocenters. The van der Waals surface area contributed by atoms with Gasteiger partial charge in [0.05, 0.1) is 4.90 Å². The van der Waals surface area contributed by atoms with Gasteiger partial charge in [0.25, 0.3) is 5.91 Å². The smallest absolute Gasteiger partial charge is 0.251 e. The molecule has 6 nitrogen and oxygen atoms in total. The molecule has 4 rings (SSSR count). The summed E-state index contributed by atoms with van der Waals surface area (Å²) in [6, 6.07) is 16.9. The van der Waals surface area contributed by atoms with E-state index < -0.39 is 10.0 Å². The largest absolute Gasteiger partial charge is 0.352 e. The van der Waals surface area contributed by atoms with Crippen LogP contribution in [0, 0.1) is 5.92 Å². The first-order valence-electron chi connectivity index (χ1n) is 12.1. The first-order valence-corrected chi connectivity index (χ1v) is 13.5. The molecular weight excluding hydrogens is 434 g/mol. The summed E-state index contributed by atoms with van der Waals surface area (Å²) in [7, 11) is -3.59. The van der Waals surface area contributed by atoms with Crippen molar-refractivity contribution in [2.24, 2.45) is 5.92 Å². The SMILES string of the molecule is CC1CCCCN1S(=O)(=O)c1cccc(C(=O)NCC2CCCN(Cc3ccccc3)C2)c1. The topological polar surface area (TPSA) is 69.7 Å². The predicted octanol–water partition coefficient (Wildman–Crippen LogP) is 3.89. The van der Waals surface area contributed by atoms with Crippen LogP contribution >= 0.6 is 0 Å². The fourth-order valence-electron chi connectivity index (χ4n) is 5.00. The molecule has 33 heavy (non-hydrogen) atoms. The number of carbonyl (C=O) groups excluding carboxylic acids is 1. The van der Waals surface area contributed by atoms with E-state index in [1.54, 1.807) is 22.5 Å². The van der Waals surface area contributed by atoms with Gasteiger partial charge >= 0.3 is 0 Å². The third-order valence-electron chi connectivity index (χ3n) is 6.85. The molecule has 2 aliphatic heterocycles. The highest BCUT2D eigenvalue weighted by molar-refractivity contribution is 7.89. The number of hydrogen-bond acceptors (Lipinski definition) is 4. The lowest BCUT2D eigenvalue weighted by atomic mass is 9.97. The van der Waals surface area contributed by atoms with Crippen LogP contribution in [-0.4, -0.2) is 55.8 Å². The molecule has 0 radical (unpaired) electrons. The van der Waals surface area contributed by atoms with Gasteiger partial charge in [0.1, 0.15) is 0 Å². The lowest BCUT2D eigenvalue weighted by Gasteiger charge is -2.33. The number of sulfonamides is 1. The van der Waals surface area contributed by atoms with Crippen LogP contribution in [0.1, 0.15) is 54.9 Å². The average Bonchev–Trinajstić information content (AvgIpc) is 2.84. The van der Waals surface area contributed by atoms with E-state index >= 15 is 0 Å². The zero-order valence-electron chi connectivity index (χ0n) is 19.4. The quantitative estimate of drug-likeness (QED) is 0.668. The van der Waals surface area contributed by atoms with Crippen LogP contribution < -0.4 is 5.32 Å². The normalized spacial score (nSPS) is 22.7. The molecule has 0 aromatic heterocycles. The number of amides is 1. The van der Waals surface area contributed by atoms with Gasteiger partial charge < -0.3 is 5.32 Å². The lowest BCUT2D eigenvalue weighted by molar-refractivity contribution is 0.0930. The van der Waals surface area contributed by atoms with Crippen molar-refractivity contribution in [3.05, 3.63) is 65.7 Å². The van der Waals surface area contributed by atoms with E-state index in [0.29, 0.717) is 24.6 Å². The van der Waals surface area contributed by atoms with Crippen LogP contribution in [0.3, 0.4) is 0 Å². The molecule has 0 spiro atoms. The van der Waals surface area contributed by atoms with E-state index in [1.165, 1.54) is 11.6 Å². The molecule has 178 valence electrons. The maximum atomic E-state index is 13.2. The molecule has 2 aromatic rings. The van der Waals surface area contributed by atoms with E-state index in [0.717, 1.165) is 51.7 Å². The summed E-state index contributed by atoms with van der Waals surface area (Å²) >= 11 is 0. The van der Waals surface area contributed by atoms with Gasteiger partial charge in [0.15, 0.2) is 0 Å². The molecule has 2 aromatic carbocycles. The minimum atomic E-state index is -3.59. The zero-order valence-corrected chi connectivity index (χ0v) is 20.3. The highest BCUT2D eigenvalue weighted by Gasteiger charge is 2.31. The van der Waals surface area contributed by atoms with E-state index in [4.69, 9.17) is 0 Å². The molecule has 7 heteroatoms. The van der Waals surface area contributed by atoms with Crippen molar-refractivity contribution >= 4 is 15.9 Å². The second kappa shape index (κ2) is 10.8. The second-order valence-corrected chi connectivity index (χ2v) is 11.3. The van der Waals surface area contributed by atoms with E-state index in [9.17, 15) is 13.2 Å². The second-order valence-electron chi connectivity index (χ2n) is 9.43. The Morgan fingerprint density at radius 2 is 1.82 bits per heavy atom. The Morgan fingerprint density at radius 1 is 1.00 bits per heavy atom. The minimum absolute atomic E-state index is 0.00799. The van der Waals surface area contributed by atoms with E-state index in [1.807, 2.05) is 13.0 Å². The fraction of sp³-hybridized carbons (Fsp3) is 0.500. The number of carbonyl (C=O) groups is 1. The summed E-state index contributed by atoms with van der Waals surface area (Å²) in [5.41, 5.74) is 1.71. The molecule has 2 unspecified atom stereocenters. The molecule has 2 fully saturated rings. The van der Waals surface area contributed by atoms with Crippen molar-refractivity contribution in [1.82, 2.24) is 14.5 Å². The van der Waals surface area contributed by atoms with Crippen molar-refractivity contribution in [1.29, 1.82) is 0 Å². The lowest BCUT2D eigenvalue weighted by Crippen LogP contribution is -2.42. The Bertz CT molecular complexity index is 1040. The maximum absolute atomic E-state index is 13.2. The molecule has 2 saturated heterocycles. The van der Waals surface area contributed by atoms with Crippen LogP contribution in [0.25, 0.3) is 0 Å². The monoisotopic (exact) mass is 469 g/mol. The summed E-state index contributed by atoms with van der Waals surface area (Å²) in [6.07, 6.45) is 5.02. The highest BCUT2D eigenvalue weighted by atomic mass is 32.2. The predicted molar refractivity (Wildman–Crippen MR) is 130 cm³/mol. The van der Waals surface area contributed by atoms with Gasteiger partial charge in [0.2, 0.25) is 10.0 Å². The summed E-state index contributed by atoms with van der Waals surface area (Å²) in [5, 5.41) is 3.05. The van der Waals surface area contributed by atoms with Gasteiger partial charge in [-0.25, -0.2) is 8.42 Å². The van der Waals surface area contributed by atoms with Crippen molar-refractivity contribution in [2.75, 3.05) is 26.2 Å². The zero-order chi connectivity index (χ0) is 23.3. The van der Waals surface area contributed by atoms with Crippen molar-refractivity contribution in [3.63, 3.8) is 0 Å². The molecule has 0 bridgehead atoms. The standard InChI is InChI=1S/C26H35N3O3S/c1-21-9-5-6-16-29(21)33(31,32)25-14-7-13-24(17-25)26(30)27-18-23-12-8-15-28(20-23)19-22-10-3-2-4-11-22/h2-4,7,10-11,13-14,17,21,23H,5-6,8-9,12,15-16,18-20H2,1H3,(H,27,30). The van der Waals surface area contributed by atoms with Gasteiger partial charge in [-0.3, -0.25) is 9.69 Å². The van der Waals surface area contributed by atoms with Crippen LogP contribution in [0.15, 0.2) is 59.5 Å². The number of piperidine rings is 2. The number of benzene rings is 2. The maximum Gasteiger partial charge on any atom is 0.251 e. The Kier molecular flexibility index (Phi) is 7.83. The molecule has 2 aliphatic rings. The number of rotatable bonds is 7. The molecule has 1 N–H and O–H groups in total. The fourth-order valence-corrected chi connectivity index (χ4v) is 6.75. The highest BCUT2D eigenvalue weighted by Crippen LogP contribution is 2.25. The van der Waals surface area contributed by atoms with Crippen molar-refractivity contribution in [2.45, 2.75) is 56.5 Å². The summed E-state index contributed by atoms with van der Waals surface area (Å²) in [6.45, 7) is 6.06. The van der Waals surface area contributed by atoms with Gasteiger partial charge in [-0.2, -0.15) is 4.31 Å². The number of hydrogen-bond donors (Lipinski definition) is 1. The van der Waals surface area contributed by atoms with E-state index in [-0.39, 0.29) is 16.8 Å². The summed E-state index contributed by atoms with van der Waals surface area (Å²) in [5.74, 6) is 0.187. The summed E-state index contributed by atoms with van der Waals surface area (Å²) < 4.78 is 27.9. The van der Waals surface area contributed by atoms with Gasteiger partial charge in [-0.15, -0.1) is 0 Å². The number of nitrogens with zero attached hydrogens (tertiary/aromatic N) is 2. The third kappa shape index (κ3) is 6.02. The van der Waals surface area contributed by atoms with E-state index in [2.05, 4.69) is 34.5 Å². The Balaban J connectivity index is 1.35. The molecule has 2 heterocycles. The Hall–Kier alpha value is -2.22. The third-order valence-corrected chi connectivity index (χ3v) is 8.86. The molecular formula is C26H35N3O3S. The van der Waals surface area contributed by atoms with Gasteiger partial charge in [0, 0.05) is 37.8 Å². The average molecular weight is 470 g/mol. The van der Waals surface area contributed by atoms with Gasteiger partial charge in [-0.1, -0.05) is 42.8 Å². The molecule has 0 saturated carbocycles. The van der Waals surface area contributed by atoms with Crippen LogP contribution in [0.4, 0.5) is 0 Å². The van der Waals surface area contributed by atoms with Crippen LogP contribution in [-0.2, 0) is 16.6 Å². The Morgan fingerprint density at radius 3 is 2.61 bits per heavy atom. The first-order chi connectivity index (χ1) is 15.9. The van der Waals surface area contributed by atoms with Crippen molar-refractivity contribution < 1.29 is 13.2 Å². The Labute approximate surface area is 198 Å². The van der Waals surface area contributed by atoms with Gasteiger partial charge in [-0.05, 0) is 68.8 Å². The van der Waals surface area contributed by atoms with Crippen LogP contribution in [0.5, 0.6) is 0 Å². The molecule has 0 aliphatic carbocycles. The minimum Gasteiger partial charge on any atom is -0.352 e.